The number of H-pyrrole nitrogens is 3. The van der Waals surface area contributed by atoms with Crippen molar-refractivity contribution in [2.45, 2.75) is 96.9 Å². The summed E-state index contributed by atoms with van der Waals surface area (Å²) < 4.78 is 123. The predicted octanol–water partition coefficient (Wildman–Crippen LogP) is 3.13. The molecule has 15 rings (SSSR count). The number of rotatable bonds is 23. The number of alkyl halides is 4. The van der Waals surface area contributed by atoms with Gasteiger partial charge in [-0.25, -0.2) is 55.9 Å². The summed E-state index contributed by atoms with van der Waals surface area (Å²) in [7, 11) is 0. The minimum atomic E-state index is -2.55. The molecule has 0 radical (unpaired) electrons. The molecule has 0 saturated carbocycles. The number of benzene rings is 4. The molecule has 16 atom stereocenters. The summed E-state index contributed by atoms with van der Waals surface area (Å²) >= 11 is 13.5. The van der Waals surface area contributed by atoms with Crippen LogP contribution in [-0.4, -0.2) is 292 Å². The highest BCUT2D eigenvalue weighted by Crippen LogP contribution is 2.46. The maximum atomic E-state index is 16.4. The number of aliphatic hydroxyl groups excluding tert-OH is 4. The molecule has 139 heavy (non-hydrogen) atoms. The maximum absolute atomic E-state index is 16.4. The van der Waals surface area contributed by atoms with Crippen molar-refractivity contribution in [1.82, 2.24) is 52.9 Å². The van der Waals surface area contributed by atoms with E-state index in [4.69, 9.17) is 92.1 Å². The number of amides is 3. The zero-order valence-corrected chi connectivity index (χ0v) is 74.8. The molecular weight excluding hydrogens is 2020 g/mol. The zero-order chi connectivity index (χ0) is 101. The number of hydrogen-bond donors (Lipinski definition) is 8. The van der Waals surface area contributed by atoms with Crippen LogP contribution in [0.15, 0.2) is 188 Å². The molecule has 0 bridgehead atoms. The Hall–Kier alpha value is -14.3. The third-order valence-electron chi connectivity index (χ3n) is 21.6. The Morgan fingerprint density at radius 3 is 1.13 bits per heavy atom. The molecule has 7 aliphatic heterocycles. The van der Waals surface area contributed by atoms with Crippen LogP contribution in [0.25, 0.3) is 41.8 Å². The number of carbonyl (C=O) groups is 7. The van der Waals surface area contributed by atoms with Crippen LogP contribution in [0.4, 0.5) is 23.4 Å². The van der Waals surface area contributed by atoms with Gasteiger partial charge in [0.05, 0.1) is 84.2 Å². The van der Waals surface area contributed by atoms with Crippen molar-refractivity contribution >= 4 is 93.2 Å². The summed E-state index contributed by atoms with van der Waals surface area (Å²) in [4.78, 5) is 200. The number of aliphatic hydroxyl groups is 4. The smallest absolute Gasteiger partial charge is 0.351 e. The van der Waals surface area contributed by atoms with E-state index < -0.39 is 216 Å². The van der Waals surface area contributed by atoms with E-state index in [-0.39, 0.29) is 99.9 Å². The number of nitrogen functional groups attached to an aromatic ring is 1. The molecule has 7 saturated heterocycles. The van der Waals surface area contributed by atoms with E-state index in [1.807, 2.05) is 15.0 Å². The Balaban J connectivity index is 0.000000169. The highest BCUT2D eigenvalue weighted by atomic mass is 127. The van der Waals surface area contributed by atoms with Crippen molar-refractivity contribution in [2.24, 2.45) is 20.5 Å². The largest absolute Gasteiger partial charge is 0.459 e. The Bertz CT molecular complexity index is 6640. The SMILES string of the molecule is [N-]=[N+]=N[C@]1(CO)O[C@@H](n2cc(C(=O)N3CCOCC3)c(=O)[nH]c2=O)[C@@H](F)[C@@H]1O.[N-]=[N+]=N[C@]1(CO)O[C@@H](n2cc(C(=O)N3CCOCC3)c(N)nc2=O)[C@@H](F)[C@@H]1O.[N-]=[N+]=N[C@]1(COC(=O)c2cccc(Cl)c2)O[C@@H](n2cc(C(=O)N3CCOCC3)c(=O)[nH]c2=O)[C@@H](F)[C@@H]1OC(=O)c1ccccc1.[N-]=[N+]=N[C@]1(COC(=O)c2cccc(Cl)c2)O[C@@H](n2cc(I)c(=O)[nH]c2=O)[C@@H](F)[C@@H]1OC(=O)c1ccccc1. The van der Waals surface area contributed by atoms with Gasteiger partial charge in [0.25, 0.3) is 34.4 Å². The number of azide groups is 4. The lowest BCUT2D eigenvalue weighted by atomic mass is 10.1. The van der Waals surface area contributed by atoms with Crippen molar-refractivity contribution in [3.8, 4) is 0 Å². The highest BCUT2D eigenvalue weighted by Gasteiger charge is 2.63. The van der Waals surface area contributed by atoms with Gasteiger partial charge < -0.3 is 93.0 Å². The molecule has 4 aromatic carbocycles. The van der Waals surface area contributed by atoms with E-state index in [0.29, 0.717) is 44.6 Å². The van der Waals surface area contributed by atoms with Gasteiger partial charge in [0.1, 0.15) is 42.4 Å². The minimum absolute atomic E-state index is 0.00138. The summed E-state index contributed by atoms with van der Waals surface area (Å²) in [5, 5.41) is 52.6. The third kappa shape index (κ3) is 22.8. The number of esters is 4. The molecule has 7 fully saturated rings. The maximum Gasteiger partial charge on any atom is 0.351 e. The molecular formula is C79H75Cl2F4IN24O29. The summed E-state index contributed by atoms with van der Waals surface area (Å²) in [6, 6.07) is 26.4. The normalized spacial score (nSPS) is 25.6. The first-order valence-corrected chi connectivity index (χ1v) is 42.5. The van der Waals surface area contributed by atoms with Crippen LogP contribution < -0.4 is 45.2 Å². The third-order valence-corrected chi connectivity index (χ3v) is 22.9. The summed E-state index contributed by atoms with van der Waals surface area (Å²) in [5.41, 5.74) is 23.8. The number of nitrogens with one attached hydrogen (secondary N) is 3. The van der Waals surface area contributed by atoms with Gasteiger partial charge in [-0.05, 0) is 105 Å². The molecule has 60 heteroatoms. The van der Waals surface area contributed by atoms with Crippen LogP contribution >= 0.6 is 45.8 Å². The summed E-state index contributed by atoms with van der Waals surface area (Å²) in [6.45, 7) is -0.949. The molecule has 53 nitrogen and oxygen atoms in total. The number of carbonyl (C=O) groups excluding carboxylic acids is 7. The number of anilines is 1. The number of morpholine rings is 3. The number of ether oxygens (including phenoxy) is 11. The number of halogens is 7. The summed E-state index contributed by atoms with van der Waals surface area (Å²) in [6.07, 6.45) is -21.4. The van der Waals surface area contributed by atoms with Crippen molar-refractivity contribution in [1.29, 1.82) is 0 Å². The van der Waals surface area contributed by atoms with Gasteiger partial charge in [0.15, 0.2) is 61.8 Å². The first-order chi connectivity index (χ1) is 66.5. The number of nitrogens with zero attached hydrogens (tertiary/aromatic N) is 20. The quantitative estimate of drug-likeness (QED) is 0.00867. The fraction of sp³-hybridized carbons (Fsp3) is 0.405. The lowest BCUT2D eigenvalue weighted by Crippen LogP contribution is -2.47. The van der Waals surface area contributed by atoms with Crippen LogP contribution in [0.2, 0.25) is 10.0 Å². The molecule has 4 aromatic heterocycles. The van der Waals surface area contributed by atoms with E-state index >= 15 is 8.78 Å². The summed E-state index contributed by atoms with van der Waals surface area (Å²) in [5.74, 6) is -6.30. The van der Waals surface area contributed by atoms with E-state index in [9.17, 15) is 107 Å². The van der Waals surface area contributed by atoms with Gasteiger partial charge in [-0.15, -0.1) is 0 Å². The van der Waals surface area contributed by atoms with Crippen LogP contribution in [-0.2, 0) is 52.1 Å². The Morgan fingerprint density at radius 1 is 0.453 bits per heavy atom. The van der Waals surface area contributed by atoms with Gasteiger partial charge in [0.2, 0.25) is 22.9 Å². The second kappa shape index (κ2) is 45.3. The molecule has 734 valence electrons. The molecule has 0 unspecified atom stereocenters. The van der Waals surface area contributed by atoms with Crippen molar-refractivity contribution in [3.63, 3.8) is 0 Å². The lowest BCUT2D eigenvalue weighted by Gasteiger charge is -2.28. The second-order valence-electron chi connectivity index (χ2n) is 30.2. The fourth-order valence-electron chi connectivity index (χ4n) is 14.6. The predicted molar refractivity (Wildman–Crippen MR) is 468 cm³/mol. The second-order valence-corrected chi connectivity index (χ2v) is 32.3. The van der Waals surface area contributed by atoms with Gasteiger partial charge in [0, 0.05) is 93.7 Å². The molecule has 7 aliphatic rings. The topological polar surface area (TPSA) is 732 Å². The van der Waals surface area contributed by atoms with Crippen LogP contribution in [0.3, 0.4) is 0 Å². The lowest BCUT2D eigenvalue weighted by molar-refractivity contribution is -0.129. The van der Waals surface area contributed by atoms with Gasteiger partial charge >= 0.3 is 46.6 Å². The zero-order valence-electron chi connectivity index (χ0n) is 71.1. The van der Waals surface area contributed by atoms with Crippen molar-refractivity contribution in [2.75, 3.05) is 111 Å². The first-order valence-electron chi connectivity index (χ1n) is 40.7. The van der Waals surface area contributed by atoms with Crippen LogP contribution in [0.5, 0.6) is 0 Å². The van der Waals surface area contributed by atoms with Gasteiger partial charge in [-0.1, -0.05) is 92.2 Å². The Morgan fingerprint density at radius 2 is 0.770 bits per heavy atom. The van der Waals surface area contributed by atoms with E-state index in [2.05, 4.69) is 45.1 Å². The molecule has 8 aromatic rings. The minimum Gasteiger partial charge on any atom is -0.459 e. The molecule has 3 amide bonds. The fourth-order valence-corrected chi connectivity index (χ4v) is 15.4. The number of hydrogen-bond acceptors (Lipinski definition) is 35. The molecule has 11 heterocycles. The van der Waals surface area contributed by atoms with E-state index in [1.165, 1.54) is 99.6 Å². The first kappa shape index (κ1) is 104. The van der Waals surface area contributed by atoms with Gasteiger partial charge in [-0.3, -0.25) is 62.0 Å². The monoisotopic (exact) mass is 2100 g/mol. The molecule has 0 aliphatic carbocycles. The average molecular weight is 2100 g/mol. The molecule has 9 N–H and O–H groups in total. The molecule has 0 spiro atoms. The van der Waals surface area contributed by atoms with E-state index in [1.54, 1.807) is 46.9 Å². The standard InChI is InChI=1S/C28H24ClFN6O9.C23H16ClFIN5O7.C14H18FN7O6.C14H17FN6O7/c29-18-8-4-7-17(13-18)25(39)43-15-28(33-34-31)21(44-26(40)16-5-2-1-3-6-16)20(30)24(45-28)36-14-19(22(37)32-27(36)41)23(38)35-9-11-42-12-10-35;24-14-8-4-7-13(9-14)20(33)36-11-23(29-30-27)17(37-21(34)12-5-2-1-3-6-12)16(25)19(38-23)31-10-15(26)18(32)28-22(31)35;15-8-9(24)14(6-23,19-20-17)28-12(8)22-5-7(10(16)18-13(22)26)11(25)21-1-3-27-4-2-21;15-8-9(23)14(6-22,18-19-16)28-12(8)21-5-7(10(24)17-13(21)26)11(25)20-1-3-27-4-2-20/h1-8,13-14,20-21,24H,9-12,15H2,(H,32,37,41);1-10,16-17,19H,11H2,(H,28,32,35);5,8-9,12,23-24H,1-4,6H2,(H2,16,18,26);5,8-9,12,22-23H,1-4,6H2,(H,17,24,26)/t20-,21-,24+,28+;16-,17-,19+,23+;2*8-,9-,12+,14+/m0000/s1. The number of aromatic amines is 3. The Kier molecular flexibility index (Phi) is 33.8. The van der Waals surface area contributed by atoms with Crippen LogP contribution in [0, 0.1) is 3.57 Å². The average Bonchev–Trinajstić information content (AvgIpc) is 1.60. The van der Waals surface area contributed by atoms with Crippen molar-refractivity contribution in [3.05, 3.63) is 301 Å². The van der Waals surface area contributed by atoms with Crippen molar-refractivity contribution < 1.29 is 124 Å². The number of nitrogens with two attached hydrogens (primary N) is 1. The van der Waals surface area contributed by atoms with E-state index in [0.717, 1.165) is 24.8 Å². The highest BCUT2D eigenvalue weighted by molar-refractivity contribution is 14.1. The van der Waals surface area contributed by atoms with Gasteiger partial charge in [-0.2, -0.15) is 4.98 Å². The number of aromatic nitrogens is 8. The van der Waals surface area contributed by atoms with Crippen LogP contribution in [0.1, 0.15) is 97.4 Å². The Labute approximate surface area is 795 Å².